The number of rotatable bonds is 10. The first-order valence-corrected chi connectivity index (χ1v) is 8.61. The molecule has 0 bridgehead atoms. The van der Waals surface area contributed by atoms with Crippen LogP contribution in [0, 0.1) is 5.82 Å². The van der Waals surface area contributed by atoms with Crippen molar-refractivity contribution in [2.75, 3.05) is 26.3 Å². The van der Waals surface area contributed by atoms with E-state index in [-0.39, 0.29) is 18.8 Å². The van der Waals surface area contributed by atoms with Gasteiger partial charge in [0.25, 0.3) is 0 Å². The molecule has 0 saturated heterocycles. The van der Waals surface area contributed by atoms with E-state index in [1.165, 1.54) is 6.07 Å². The van der Waals surface area contributed by atoms with Crippen LogP contribution in [0.25, 0.3) is 0 Å². The number of halogens is 4. The fourth-order valence-electron chi connectivity index (χ4n) is 2.44. The largest absolute Gasteiger partial charge is 0.492 e. The highest BCUT2D eigenvalue weighted by atomic mass is 19.4. The highest BCUT2D eigenvalue weighted by Gasteiger charge is 2.34. The maximum Gasteiger partial charge on any atom is 0.419 e. The van der Waals surface area contributed by atoms with Gasteiger partial charge in [0.05, 0.1) is 12.2 Å². The zero-order valence-corrected chi connectivity index (χ0v) is 15.1. The van der Waals surface area contributed by atoms with Crippen molar-refractivity contribution in [3.05, 3.63) is 58.9 Å². The third-order valence-electron chi connectivity index (χ3n) is 3.75. The van der Waals surface area contributed by atoms with Gasteiger partial charge in [-0.3, -0.25) is 0 Å². The van der Waals surface area contributed by atoms with E-state index in [4.69, 9.17) is 20.3 Å². The van der Waals surface area contributed by atoms with Crippen LogP contribution in [-0.2, 0) is 19.3 Å². The first-order chi connectivity index (χ1) is 13.3. The second kappa shape index (κ2) is 10.3. The monoisotopic (exact) mass is 402 g/mol. The maximum atomic E-state index is 13.4. The van der Waals surface area contributed by atoms with E-state index in [1.54, 1.807) is 18.2 Å². The van der Waals surface area contributed by atoms with Crippen LogP contribution in [0.4, 0.5) is 17.6 Å². The first-order valence-electron chi connectivity index (χ1n) is 8.61. The molecule has 0 unspecified atom stereocenters. The topological polar surface area (TPSA) is 76.7 Å². The predicted molar refractivity (Wildman–Crippen MR) is 95.5 cm³/mol. The lowest BCUT2D eigenvalue weighted by Crippen LogP contribution is -2.18. The lowest BCUT2D eigenvalue weighted by Gasteiger charge is -2.15. The van der Waals surface area contributed by atoms with Crippen LogP contribution in [0.2, 0.25) is 0 Å². The van der Waals surface area contributed by atoms with Gasteiger partial charge in [0.15, 0.2) is 0 Å². The van der Waals surface area contributed by atoms with Crippen LogP contribution in [0.15, 0.2) is 36.4 Å². The number of ether oxygens (including phenoxy) is 2. The Kier molecular flexibility index (Phi) is 8.04. The summed E-state index contributed by atoms with van der Waals surface area (Å²) < 4.78 is 63.0. The summed E-state index contributed by atoms with van der Waals surface area (Å²) in [7, 11) is 0. The summed E-state index contributed by atoms with van der Waals surface area (Å²) in [5, 5.41) is 11.9. The molecule has 0 aromatic heterocycles. The Bertz CT molecular complexity index is 769. The van der Waals surface area contributed by atoms with Gasteiger partial charge in [-0.1, -0.05) is 6.07 Å². The molecule has 0 heterocycles. The molecule has 0 fully saturated rings. The van der Waals surface area contributed by atoms with E-state index in [2.05, 4.69) is 5.32 Å². The van der Waals surface area contributed by atoms with Gasteiger partial charge in [-0.15, -0.1) is 0 Å². The quantitative estimate of drug-likeness (QED) is 0.421. The average Bonchev–Trinajstić information content (AvgIpc) is 2.66. The third-order valence-corrected chi connectivity index (χ3v) is 3.75. The molecule has 0 amide bonds. The van der Waals surface area contributed by atoms with Crippen molar-refractivity contribution in [1.29, 1.82) is 0 Å². The number of hydrogen-bond donors (Lipinski definition) is 3. The molecule has 0 saturated carbocycles. The zero-order chi connectivity index (χ0) is 20.6. The van der Waals surface area contributed by atoms with Crippen LogP contribution >= 0.6 is 0 Å². The second-order valence-corrected chi connectivity index (χ2v) is 5.91. The number of nitrogens with one attached hydrogen (secondary N) is 1. The number of benzene rings is 2. The minimum Gasteiger partial charge on any atom is -0.492 e. The summed E-state index contributed by atoms with van der Waals surface area (Å²) in [6, 6.07) is 7.77. The van der Waals surface area contributed by atoms with Gasteiger partial charge in [-0.25, -0.2) is 4.39 Å². The lowest BCUT2D eigenvalue weighted by molar-refractivity contribution is -0.140. The molecule has 9 heteroatoms. The summed E-state index contributed by atoms with van der Waals surface area (Å²) in [6.45, 7) is 1.18. The van der Waals surface area contributed by atoms with Crippen LogP contribution in [0.3, 0.4) is 0 Å². The van der Waals surface area contributed by atoms with Crippen LogP contribution in [0.5, 0.6) is 11.5 Å². The van der Waals surface area contributed by atoms with E-state index < -0.39 is 17.6 Å². The maximum absolute atomic E-state index is 13.4. The van der Waals surface area contributed by atoms with Gasteiger partial charge in [0, 0.05) is 25.2 Å². The van der Waals surface area contributed by atoms with Gasteiger partial charge in [0.2, 0.25) is 0 Å². The van der Waals surface area contributed by atoms with Crippen molar-refractivity contribution >= 4 is 0 Å². The van der Waals surface area contributed by atoms with Crippen LogP contribution in [0.1, 0.15) is 16.7 Å². The molecule has 5 nitrogen and oxygen atoms in total. The molecule has 0 spiro atoms. The number of nitrogens with two attached hydrogens (primary N) is 1. The minimum absolute atomic E-state index is 0.0463. The molecule has 154 valence electrons. The molecule has 2 aromatic carbocycles. The summed E-state index contributed by atoms with van der Waals surface area (Å²) in [5.41, 5.74) is 4.96. The smallest absolute Gasteiger partial charge is 0.419 e. The third kappa shape index (κ3) is 6.36. The Labute approximate surface area is 160 Å². The normalized spacial score (nSPS) is 11.5. The molecule has 0 aliphatic heterocycles. The Morgan fingerprint density at radius 2 is 1.86 bits per heavy atom. The van der Waals surface area contributed by atoms with Gasteiger partial charge >= 0.3 is 6.18 Å². The van der Waals surface area contributed by atoms with Crippen molar-refractivity contribution in [3.8, 4) is 11.5 Å². The molecule has 0 aliphatic carbocycles. The van der Waals surface area contributed by atoms with Crippen LogP contribution in [-0.4, -0.2) is 31.4 Å². The van der Waals surface area contributed by atoms with E-state index in [0.717, 1.165) is 12.1 Å². The molecule has 2 aromatic rings. The highest BCUT2D eigenvalue weighted by Crippen LogP contribution is 2.32. The SMILES string of the molecule is NCCOc1ccc(OCc2ccc(F)c(C(F)(F)F)c2)c(CNCCO)c1. The molecule has 28 heavy (non-hydrogen) atoms. The van der Waals surface area contributed by atoms with Crippen LogP contribution < -0.4 is 20.5 Å². The molecular formula is C19H22F4N2O3. The molecular weight excluding hydrogens is 380 g/mol. The van der Waals surface area contributed by atoms with Gasteiger partial charge < -0.3 is 25.6 Å². The van der Waals surface area contributed by atoms with Gasteiger partial charge in [-0.05, 0) is 35.9 Å². The Hall–Kier alpha value is -2.36. The molecule has 4 N–H and O–H groups in total. The standard InChI is InChI=1S/C19H22F4N2O3/c20-17-3-1-13(9-16(17)19(21,22)23)12-28-18-4-2-15(27-8-5-24)10-14(18)11-25-6-7-26/h1-4,9-10,25-26H,5-8,11-12,24H2. The Morgan fingerprint density at radius 1 is 1.07 bits per heavy atom. The number of aliphatic hydroxyl groups is 1. The number of hydrogen-bond acceptors (Lipinski definition) is 5. The first kappa shape index (κ1) is 21.9. The minimum atomic E-state index is -4.78. The highest BCUT2D eigenvalue weighted by molar-refractivity contribution is 5.40. The van der Waals surface area contributed by atoms with Crippen molar-refractivity contribution in [2.45, 2.75) is 19.3 Å². The summed E-state index contributed by atoms with van der Waals surface area (Å²) in [5.74, 6) is -0.324. The van der Waals surface area contributed by atoms with E-state index in [9.17, 15) is 17.6 Å². The molecule has 0 radical (unpaired) electrons. The Morgan fingerprint density at radius 3 is 2.54 bits per heavy atom. The van der Waals surface area contributed by atoms with Gasteiger partial charge in [0.1, 0.15) is 30.5 Å². The Balaban J connectivity index is 2.15. The fraction of sp³-hybridized carbons (Fsp3) is 0.368. The molecule has 0 aliphatic rings. The van der Waals surface area contributed by atoms with Crippen molar-refractivity contribution in [3.63, 3.8) is 0 Å². The molecule has 0 atom stereocenters. The lowest BCUT2D eigenvalue weighted by atomic mass is 10.1. The van der Waals surface area contributed by atoms with Gasteiger partial charge in [-0.2, -0.15) is 13.2 Å². The van der Waals surface area contributed by atoms with Crippen molar-refractivity contribution in [2.24, 2.45) is 5.73 Å². The summed E-state index contributed by atoms with van der Waals surface area (Å²) in [6.07, 6.45) is -4.78. The van der Waals surface area contributed by atoms with Crippen molar-refractivity contribution in [1.82, 2.24) is 5.32 Å². The second-order valence-electron chi connectivity index (χ2n) is 5.91. The number of aliphatic hydroxyl groups excluding tert-OH is 1. The van der Waals surface area contributed by atoms with Crippen molar-refractivity contribution < 1.29 is 32.1 Å². The molecule has 2 rings (SSSR count). The predicted octanol–water partition coefficient (Wildman–Crippen LogP) is 2.84. The zero-order valence-electron chi connectivity index (χ0n) is 15.1. The van der Waals surface area contributed by atoms with E-state index in [1.807, 2.05) is 0 Å². The average molecular weight is 402 g/mol. The fourth-order valence-corrected chi connectivity index (χ4v) is 2.44. The van der Waals surface area contributed by atoms with E-state index in [0.29, 0.717) is 43.3 Å². The summed E-state index contributed by atoms with van der Waals surface area (Å²) >= 11 is 0. The number of alkyl halides is 3. The summed E-state index contributed by atoms with van der Waals surface area (Å²) in [4.78, 5) is 0. The van der Waals surface area contributed by atoms with E-state index >= 15 is 0 Å².